The summed E-state index contributed by atoms with van der Waals surface area (Å²) in [6, 6.07) is 16.7. The summed E-state index contributed by atoms with van der Waals surface area (Å²) >= 11 is 0. The Morgan fingerprint density at radius 1 is 1.04 bits per heavy atom. The van der Waals surface area contributed by atoms with Gasteiger partial charge in [0.05, 0.1) is 17.4 Å². The largest absolute Gasteiger partial charge is 0.279 e. The molecule has 0 aromatic heterocycles. The molecule has 2 aromatic rings. The topological polar surface area (TPSA) is 51.5 Å². The number of carbonyl (C=O) groups excluding carboxylic acids is 1. The number of aliphatic imine (C=N–C) groups is 2. The number of rotatable bonds is 2. The lowest BCUT2D eigenvalue weighted by Gasteiger charge is -2.34. The molecule has 6 nitrogen and oxygen atoms in total. The van der Waals surface area contributed by atoms with E-state index in [9.17, 15) is 4.79 Å². The molecule has 0 saturated carbocycles. The number of aryl methyl sites for hydroxylation is 2. The minimum Gasteiger partial charge on any atom is -0.279 e. The van der Waals surface area contributed by atoms with Crippen molar-refractivity contribution in [3.63, 3.8) is 0 Å². The molecule has 5 rings (SSSR count). The van der Waals surface area contributed by atoms with Gasteiger partial charge in [0.25, 0.3) is 5.91 Å². The summed E-state index contributed by atoms with van der Waals surface area (Å²) in [6.07, 6.45) is 4.56. The molecule has 1 amide bonds. The van der Waals surface area contributed by atoms with Crippen LogP contribution in [-0.4, -0.2) is 47.4 Å². The van der Waals surface area contributed by atoms with Gasteiger partial charge >= 0.3 is 0 Å². The first-order valence-electron chi connectivity index (χ1n) is 9.85. The fourth-order valence-corrected chi connectivity index (χ4v) is 4.15. The SMILES string of the molecule is CC1CCN2C(=N1)N=CN2CC(=O)N1c2ccccc2CCc2ccccc21. The number of carbonyl (C=O) groups is 1. The molecule has 142 valence electrons. The summed E-state index contributed by atoms with van der Waals surface area (Å²) in [5.74, 6) is 0.747. The molecule has 0 radical (unpaired) electrons. The van der Waals surface area contributed by atoms with Crippen molar-refractivity contribution in [2.45, 2.75) is 32.2 Å². The molecule has 0 saturated heterocycles. The number of para-hydroxylation sites is 2. The highest BCUT2D eigenvalue weighted by Gasteiger charge is 2.32. The van der Waals surface area contributed by atoms with Gasteiger partial charge in [0, 0.05) is 6.54 Å². The van der Waals surface area contributed by atoms with Crippen LogP contribution in [0.15, 0.2) is 58.5 Å². The third-order valence-electron chi connectivity index (χ3n) is 5.62. The molecular weight excluding hydrogens is 350 g/mol. The number of guanidine groups is 1. The number of hydrogen-bond donors (Lipinski definition) is 0. The quantitative estimate of drug-likeness (QED) is 0.813. The van der Waals surface area contributed by atoms with Gasteiger partial charge in [-0.3, -0.25) is 19.7 Å². The van der Waals surface area contributed by atoms with Crippen molar-refractivity contribution in [2.24, 2.45) is 9.98 Å². The molecule has 0 fully saturated rings. The zero-order valence-electron chi connectivity index (χ0n) is 16.0. The van der Waals surface area contributed by atoms with Crippen LogP contribution in [0.3, 0.4) is 0 Å². The first-order valence-corrected chi connectivity index (χ1v) is 9.85. The summed E-state index contributed by atoms with van der Waals surface area (Å²) in [5, 5.41) is 3.90. The van der Waals surface area contributed by atoms with Gasteiger partial charge in [-0.1, -0.05) is 36.4 Å². The van der Waals surface area contributed by atoms with Crippen LogP contribution in [0, 0.1) is 0 Å². The molecular formula is C22H23N5O. The molecule has 0 aliphatic carbocycles. The summed E-state index contributed by atoms with van der Waals surface area (Å²) in [4.78, 5) is 24.4. The zero-order valence-corrected chi connectivity index (χ0v) is 16.0. The van der Waals surface area contributed by atoms with Gasteiger partial charge in [-0.05, 0) is 49.4 Å². The van der Waals surface area contributed by atoms with Gasteiger partial charge in [-0.15, -0.1) is 0 Å². The van der Waals surface area contributed by atoms with Crippen LogP contribution in [-0.2, 0) is 17.6 Å². The first kappa shape index (κ1) is 17.0. The standard InChI is InChI=1S/C22H23N5O/c1-16-12-13-26-22(24-16)23-15-25(26)14-21(28)27-19-8-4-2-6-17(19)10-11-18-7-3-5-9-20(18)27/h2-9,15-16H,10-14H2,1H3. The average Bonchev–Trinajstić information content (AvgIpc) is 3.01. The van der Waals surface area contributed by atoms with Crippen LogP contribution >= 0.6 is 0 Å². The Balaban J connectivity index is 1.48. The lowest BCUT2D eigenvalue weighted by atomic mass is 10.0. The summed E-state index contributed by atoms with van der Waals surface area (Å²) in [5.41, 5.74) is 4.37. The lowest BCUT2D eigenvalue weighted by molar-refractivity contribution is -0.119. The van der Waals surface area contributed by atoms with E-state index in [-0.39, 0.29) is 18.5 Å². The van der Waals surface area contributed by atoms with Gasteiger partial charge < -0.3 is 0 Å². The summed E-state index contributed by atoms with van der Waals surface area (Å²) < 4.78 is 0. The number of amides is 1. The van der Waals surface area contributed by atoms with Crippen LogP contribution < -0.4 is 4.90 Å². The normalized spacial score (nSPS) is 20.2. The molecule has 2 aromatic carbocycles. The highest BCUT2D eigenvalue weighted by Crippen LogP contribution is 2.36. The van der Waals surface area contributed by atoms with Crippen molar-refractivity contribution in [3.8, 4) is 0 Å². The fourth-order valence-electron chi connectivity index (χ4n) is 4.15. The highest BCUT2D eigenvalue weighted by atomic mass is 16.2. The van der Waals surface area contributed by atoms with Gasteiger partial charge in [-0.2, -0.15) is 0 Å². The Morgan fingerprint density at radius 3 is 2.36 bits per heavy atom. The van der Waals surface area contributed by atoms with Gasteiger partial charge in [0.1, 0.15) is 12.9 Å². The van der Waals surface area contributed by atoms with Gasteiger partial charge in [0.15, 0.2) is 0 Å². The van der Waals surface area contributed by atoms with Crippen molar-refractivity contribution in [3.05, 3.63) is 59.7 Å². The third-order valence-corrected chi connectivity index (χ3v) is 5.62. The number of hydrogen-bond acceptors (Lipinski definition) is 5. The van der Waals surface area contributed by atoms with E-state index in [0.29, 0.717) is 5.96 Å². The summed E-state index contributed by atoms with van der Waals surface area (Å²) in [6.45, 7) is 3.17. The smallest absolute Gasteiger partial charge is 0.253 e. The van der Waals surface area contributed by atoms with Crippen LogP contribution in [0.1, 0.15) is 24.5 Å². The van der Waals surface area contributed by atoms with E-state index >= 15 is 0 Å². The molecule has 28 heavy (non-hydrogen) atoms. The average molecular weight is 373 g/mol. The fraction of sp³-hybridized carbons (Fsp3) is 0.318. The maximum atomic E-state index is 13.5. The van der Waals surface area contributed by atoms with Gasteiger partial charge in [0.2, 0.25) is 5.96 Å². The maximum absolute atomic E-state index is 13.5. The monoisotopic (exact) mass is 373 g/mol. The molecule has 1 unspecified atom stereocenters. The molecule has 3 aliphatic rings. The molecule has 3 heterocycles. The minimum absolute atomic E-state index is 0.0353. The van der Waals surface area contributed by atoms with Crippen molar-refractivity contribution < 1.29 is 4.79 Å². The molecule has 0 spiro atoms. The number of nitrogens with zero attached hydrogens (tertiary/aromatic N) is 5. The molecule has 0 N–H and O–H groups in total. The third kappa shape index (κ3) is 2.85. The second-order valence-corrected chi connectivity index (χ2v) is 7.52. The molecule has 3 aliphatic heterocycles. The number of benzene rings is 2. The summed E-state index contributed by atoms with van der Waals surface area (Å²) in [7, 11) is 0. The zero-order chi connectivity index (χ0) is 19.1. The Kier molecular flexibility index (Phi) is 4.11. The highest BCUT2D eigenvalue weighted by molar-refractivity contribution is 6.04. The van der Waals surface area contributed by atoms with Crippen LogP contribution in [0.25, 0.3) is 0 Å². The van der Waals surface area contributed by atoms with E-state index in [2.05, 4.69) is 29.0 Å². The predicted octanol–water partition coefficient (Wildman–Crippen LogP) is 3.16. The van der Waals surface area contributed by atoms with Crippen molar-refractivity contribution in [2.75, 3.05) is 18.0 Å². The number of fused-ring (bicyclic) bond motifs is 3. The van der Waals surface area contributed by atoms with E-state index < -0.39 is 0 Å². The maximum Gasteiger partial charge on any atom is 0.253 e. The lowest BCUT2D eigenvalue weighted by Crippen LogP contribution is -2.48. The van der Waals surface area contributed by atoms with E-state index in [1.54, 1.807) is 6.34 Å². The minimum atomic E-state index is 0.0353. The van der Waals surface area contributed by atoms with E-state index in [1.165, 1.54) is 11.1 Å². The van der Waals surface area contributed by atoms with Gasteiger partial charge in [-0.25, -0.2) is 9.98 Å². The van der Waals surface area contributed by atoms with E-state index in [1.807, 2.05) is 51.3 Å². The Labute approximate surface area is 164 Å². The van der Waals surface area contributed by atoms with Crippen LogP contribution in [0.4, 0.5) is 11.4 Å². The Hall–Kier alpha value is -3.15. The molecule has 0 bridgehead atoms. The van der Waals surface area contributed by atoms with Crippen molar-refractivity contribution in [1.29, 1.82) is 0 Å². The van der Waals surface area contributed by atoms with Crippen LogP contribution in [0.2, 0.25) is 0 Å². The van der Waals surface area contributed by atoms with Crippen LogP contribution in [0.5, 0.6) is 0 Å². The Bertz CT molecular complexity index is 935. The second-order valence-electron chi connectivity index (χ2n) is 7.52. The second kappa shape index (κ2) is 6.78. The Morgan fingerprint density at radius 2 is 1.68 bits per heavy atom. The predicted molar refractivity (Wildman–Crippen MR) is 111 cm³/mol. The van der Waals surface area contributed by atoms with E-state index in [4.69, 9.17) is 0 Å². The first-order chi connectivity index (χ1) is 13.7. The molecule has 6 heteroatoms. The number of anilines is 2. The number of hydrazine groups is 1. The van der Waals surface area contributed by atoms with Crippen molar-refractivity contribution in [1.82, 2.24) is 10.0 Å². The molecule has 1 atom stereocenters. The van der Waals surface area contributed by atoms with E-state index in [0.717, 1.165) is 37.2 Å². The van der Waals surface area contributed by atoms with Crippen molar-refractivity contribution >= 4 is 29.6 Å².